The van der Waals surface area contributed by atoms with E-state index in [2.05, 4.69) is 5.16 Å². The Hall–Kier alpha value is -1.42. The molecule has 9 nitrogen and oxygen atoms in total. The second-order valence-corrected chi connectivity index (χ2v) is 3.06. The standard InChI is InChI=1S/C7H17N5O4/c8-6(10-15)1-3-12(4-2-9-14)5-7(13)11-16/h9,14-16H,1-5H2,(H2,8,10)(H,11,13). The maximum absolute atomic E-state index is 10.9. The van der Waals surface area contributed by atoms with Crippen molar-refractivity contribution in [1.29, 1.82) is 0 Å². The lowest BCUT2D eigenvalue weighted by atomic mass is 10.3. The molecule has 0 aromatic carbocycles. The molecule has 0 heterocycles. The Kier molecular flexibility index (Phi) is 8.07. The summed E-state index contributed by atoms with van der Waals surface area (Å²) in [5.74, 6) is -0.524. The van der Waals surface area contributed by atoms with Crippen LogP contribution in [-0.4, -0.2) is 58.4 Å². The maximum Gasteiger partial charge on any atom is 0.257 e. The third kappa shape index (κ3) is 6.95. The fourth-order valence-electron chi connectivity index (χ4n) is 1.04. The maximum atomic E-state index is 10.9. The van der Waals surface area contributed by atoms with E-state index in [1.54, 1.807) is 4.90 Å². The topological polar surface area (TPSA) is 143 Å². The lowest BCUT2D eigenvalue weighted by Gasteiger charge is -2.20. The molecule has 0 saturated carbocycles. The van der Waals surface area contributed by atoms with E-state index in [-0.39, 0.29) is 25.3 Å². The first-order chi connectivity index (χ1) is 7.63. The second-order valence-electron chi connectivity index (χ2n) is 3.06. The first-order valence-electron chi connectivity index (χ1n) is 4.62. The summed E-state index contributed by atoms with van der Waals surface area (Å²) in [5.41, 5.74) is 8.72. The van der Waals surface area contributed by atoms with Gasteiger partial charge in [-0.1, -0.05) is 5.16 Å². The van der Waals surface area contributed by atoms with E-state index in [9.17, 15) is 4.79 Å². The molecule has 0 radical (unpaired) electrons. The van der Waals surface area contributed by atoms with Crippen molar-refractivity contribution in [3.8, 4) is 0 Å². The van der Waals surface area contributed by atoms with E-state index in [0.29, 0.717) is 13.1 Å². The van der Waals surface area contributed by atoms with Crippen LogP contribution in [0.1, 0.15) is 6.42 Å². The summed E-state index contributed by atoms with van der Waals surface area (Å²) in [6.07, 6.45) is 0.278. The number of nitrogens with two attached hydrogens (primary N) is 1. The second kappa shape index (κ2) is 8.85. The minimum atomic E-state index is -0.572. The molecule has 0 rings (SSSR count). The predicted molar refractivity (Wildman–Crippen MR) is 54.2 cm³/mol. The van der Waals surface area contributed by atoms with Crippen LogP contribution < -0.4 is 16.7 Å². The van der Waals surface area contributed by atoms with Gasteiger partial charge in [-0.2, -0.15) is 0 Å². The van der Waals surface area contributed by atoms with Crippen LogP contribution in [0.25, 0.3) is 0 Å². The van der Waals surface area contributed by atoms with Crippen LogP contribution in [-0.2, 0) is 4.79 Å². The largest absolute Gasteiger partial charge is 0.409 e. The average Bonchev–Trinajstić information content (AvgIpc) is 2.31. The predicted octanol–water partition coefficient (Wildman–Crippen LogP) is -2.09. The molecule has 0 fully saturated rings. The van der Waals surface area contributed by atoms with Crippen molar-refractivity contribution in [3.05, 3.63) is 0 Å². The van der Waals surface area contributed by atoms with Gasteiger partial charge in [0.05, 0.1) is 6.54 Å². The van der Waals surface area contributed by atoms with Crippen LogP contribution in [0.4, 0.5) is 0 Å². The van der Waals surface area contributed by atoms with Crippen molar-refractivity contribution in [2.24, 2.45) is 10.9 Å². The number of rotatable bonds is 8. The van der Waals surface area contributed by atoms with Crippen molar-refractivity contribution in [1.82, 2.24) is 15.9 Å². The van der Waals surface area contributed by atoms with Gasteiger partial charge in [0.2, 0.25) is 0 Å². The summed E-state index contributed by atoms with van der Waals surface area (Å²) < 4.78 is 0. The third-order valence-corrected chi connectivity index (χ3v) is 1.84. The molecule has 0 aliphatic rings. The van der Waals surface area contributed by atoms with Gasteiger partial charge in [0, 0.05) is 26.1 Å². The summed E-state index contributed by atoms with van der Waals surface area (Å²) in [7, 11) is 0. The molecule has 0 atom stereocenters. The number of oxime groups is 1. The van der Waals surface area contributed by atoms with E-state index >= 15 is 0 Å². The highest BCUT2D eigenvalue weighted by atomic mass is 16.5. The average molecular weight is 235 g/mol. The Morgan fingerprint density at radius 2 is 2.06 bits per heavy atom. The zero-order chi connectivity index (χ0) is 12.4. The summed E-state index contributed by atoms with van der Waals surface area (Å²) in [6.45, 7) is 0.958. The van der Waals surface area contributed by atoms with Gasteiger partial charge in [0.1, 0.15) is 5.84 Å². The Balaban J connectivity index is 4.04. The lowest BCUT2D eigenvalue weighted by molar-refractivity contribution is -0.130. The zero-order valence-electron chi connectivity index (χ0n) is 8.76. The normalized spacial score (nSPS) is 11.8. The van der Waals surface area contributed by atoms with Crippen LogP contribution in [0.2, 0.25) is 0 Å². The molecular weight excluding hydrogens is 218 g/mol. The quantitative estimate of drug-likeness (QED) is 0.0930. The number of amidine groups is 1. The zero-order valence-corrected chi connectivity index (χ0v) is 8.76. The molecule has 9 heteroatoms. The molecule has 1 amide bonds. The summed E-state index contributed by atoms with van der Waals surface area (Å²) in [6, 6.07) is 0. The Bertz CT molecular complexity index is 235. The van der Waals surface area contributed by atoms with Crippen LogP contribution in [0, 0.1) is 0 Å². The summed E-state index contributed by atoms with van der Waals surface area (Å²) >= 11 is 0. The molecule has 0 aromatic rings. The monoisotopic (exact) mass is 235 g/mol. The van der Waals surface area contributed by atoms with Crippen molar-refractivity contribution in [2.75, 3.05) is 26.2 Å². The molecule has 94 valence electrons. The molecule has 0 bridgehead atoms. The van der Waals surface area contributed by atoms with Crippen molar-refractivity contribution in [3.63, 3.8) is 0 Å². The van der Waals surface area contributed by atoms with Gasteiger partial charge in [-0.3, -0.25) is 14.9 Å². The van der Waals surface area contributed by atoms with Crippen molar-refractivity contribution in [2.45, 2.75) is 6.42 Å². The molecule has 0 aliphatic carbocycles. The highest BCUT2D eigenvalue weighted by Crippen LogP contribution is 1.91. The Labute approximate surface area is 92.4 Å². The van der Waals surface area contributed by atoms with Gasteiger partial charge < -0.3 is 16.1 Å². The van der Waals surface area contributed by atoms with Crippen molar-refractivity contribution >= 4 is 11.7 Å². The molecule has 16 heavy (non-hydrogen) atoms. The molecule has 0 saturated heterocycles. The van der Waals surface area contributed by atoms with Gasteiger partial charge in [-0.25, -0.2) is 11.0 Å². The number of carbonyl (C=O) groups excluding carboxylic acids is 1. The van der Waals surface area contributed by atoms with Gasteiger partial charge >= 0.3 is 0 Å². The number of carbonyl (C=O) groups is 1. The highest BCUT2D eigenvalue weighted by Gasteiger charge is 2.10. The smallest absolute Gasteiger partial charge is 0.257 e. The number of amides is 1. The van der Waals surface area contributed by atoms with Gasteiger partial charge in [0.25, 0.3) is 5.91 Å². The Morgan fingerprint density at radius 1 is 1.38 bits per heavy atom. The van der Waals surface area contributed by atoms with E-state index in [4.69, 9.17) is 21.4 Å². The van der Waals surface area contributed by atoms with E-state index in [1.165, 1.54) is 5.48 Å². The van der Waals surface area contributed by atoms with E-state index < -0.39 is 5.91 Å². The van der Waals surface area contributed by atoms with Crippen LogP contribution >= 0.6 is 0 Å². The molecule has 7 N–H and O–H groups in total. The SMILES string of the molecule is N/C(CCN(CCNO)CC(=O)NO)=N\O. The first-order valence-corrected chi connectivity index (χ1v) is 4.62. The molecule has 0 unspecified atom stereocenters. The van der Waals surface area contributed by atoms with Crippen LogP contribution in [0.15, 0.2) is 5.16 Å². The van der Waals surface area contributed by atoms with Gasteiger partial charge in [-0.15, -0.1) is 0 Å². The number of nitrogens with zero attached hydrogens (tertiary/aromatic N) is 2. The minimum absolute atomic E-state index is 0.0448. The third-order valence-electron chi connectivity index (χ3n) is 1.84. The molecule has 0 aliphatic heterocycles. The van der Waals surface area contributed by atoms with Crippen LogP contribution in [0.5, 0.6) is 0 Å². The Morgan fingerprint density at radius 3 is 2.56 bits per heavy atom. The number of nitrogens with one attached hydrogen (secondary N) is 2. The number of hydroxylamine groups is 2. The van der Waals surface area contributed by atoms with Crippen molar-refractivity contribution < 1.29 is 20.4 Å². The fraction of sp³-hybridized carbons (Fsp3) is 0.714. The number of hydrogen-bond acceptors (Lipinski definition) is 7. The van der Waals surface area contributed by atoms with Gasteiger partial charge in [-0.05, 0) is 0 Å². The van der Waals surface area contributed by atoms with E-state index in [0.717, 1.165) is 0 Å². The van der Waals surface area contributed by atoms with E-state index in [1.807, 2.05) is 5.48 Å². The molecular formula is C7H17N5O4. The number of hydrogen-bond donors (Lipinski definition) is 6. The fourth-order valence-corrected chi connectivity index (χ4v) is 1.04. The van der Waals surface area contributed by atoms with Crippen LogP contribution in [0.3, 0.4) is 0 Å². The lowest BCUT2D eigenvalue weighted by Crippen LogP contribution is -2.40. The summed E-state index contributed by atoms with van der Waals surface area (Å²) in [5, 5.41) is 27.9. The van der Waals surface area contributed by atoms with Gasteiger partial charge in [0.15, 0.2) is 0 Å². The minimum Gasteiger partial charge on any atom is -0.409 e. The molecule has 0 aromatic heterocycles. The summed E-state index contributed by atoms with van der Waals surface area (Å²) in [4.78, 5) is 12.5. The highest BCUT2D eigenvalue weighted by molar-refractivity contribution is 5.80. The first kappa shape index (κ1) is 14.6. The molecule has 0 spiro atoms.